The van der Waals surface area contributed by atoms with E-state index >= 15 is 0 Å². The lowest BCUT2D eigenvalue weighted by atomic mass is 10.2. The van der Waals surface area contributed by atoms with Gasteiger partial charge < -0.3 is 0 Å². The highest BCUT2D eigenvalue weighted by Crippen LogP contribution is 2.21. The van der Waals surface area contributed by atoms with Crippen molar-refractivity contribution in [2.75, 3.05) is 0 Å². The van der Waals surface area contributed by atoms with Crippen molar-refractivity contribution in [2.24, 2.45) is 0 Å². The van der Waals surface area contributed by atoms with Gasteiger partial charge in [-0.2, -0.15) is 0 Å². The molecular formula is C8H7O+. The molecule has 1 aromatic rings. The summed E-state index contributed by atoms with van der Waals surface area (Å²) in [5, 5.41) is 0. The fraction of sp³-hybridized carbons (Fsp3) is 0.125. The Morgan fingerprint density at radius 3 is 3.00 bits per heavy atom. The van der Waals surface area contributed by atoms with E-state index in [0.717, 1.165) is 12.2 Å². The lowest BCUT2D eigenvalue weighted by Crippen LogP contribution is -1.74. The molecule has 0 fully saturated rings. The van der Waals surface area contributed by atoms with Crippen LogP contribution in [-0.4, -0.2) is 6.29 Å². The van der Waals surface area contributed by atoms with Gasteiger partial charge in [-0.25, -0.2) is 4.42 Å². The van der Waals surface area contributed by atoms with Crippen LogP contribution in [0.2, 0.25) is 0 Å². The normalized spacial score (nSPS) is 13.8. The van der Waals surface area contributed by atoms with Gasteiger partial charge in [-0.3, -0.25) is 0 Å². The molecule has 0 saturated heterocycles. The van der Waals surface area contributed by atoms with E-state index in [4.69, 9.17) is 4.42 Å². The van der Waals surface area contributed by atoms with Gasteiger partial charge >= 0.3 is 5.75 Å². The summed E-state index contributed by atoms with van der Waals surface area (Å²) in [5.74, 6) is 1.01. The van der Waals surface area contributed by atoms with Crippen molar-refractivity contribution in [3.05, 3.63) is 29.8 Å². The zero-order valence-corrected chi connectivity index (χ0v) is 5.00. The molecule has 0 amide bonds. The summed E-state index contributed by atoms with van der Waals surface area (Å²) in [4.78, 5) is 0. The van der Waals surface area contributed by atoms with Gasteiger partial charge in [0.2, 0.25) is 0 Å². The number of carbonyl (C=O) groups excluding carboxylic acids is 1. The standard InChI is InChI=1S/C8H7O/c1-2-4-8-7(3-1)5-6-9-8/h1-4,6H,5H2/q+1. The van der Waals surface area contributed by atoms with Crippen LogP contribution in [0.25, 0.3) is 0 Å². The van der Waals surface area contributed by atoms with Gasteiger partial charge in [0.15, 0.2) is 0 Å². The van der Waals surface area contributed by atoms with Gasteiger partial charge in [0.05, 0.1) is 12.0 Å². The van der Waals surface area contributed by atoms with E-state index in [0.29, 0.717) is 0 Å². The van der Waals surface area contributed by atoms with Crippen LogP contribution < -0.4 is 0 Å². The molecule has 2 rings (SSSR count). The minimum Gasteiger partial charge on any atom is -0.220 e. The van der Waals surface area contributed by atoms with Crippen molar-refractivity contribution in [2.45, 2.75) is 6.42 Å². The molecule has 0 radical (unpaired) electrons. The van der Waals surface area contributed by atoms with Crippen molar-refractivity contribution >= 4 is 6.29 Å². The average molecular weight is 119 g/mol. The SMILES string of the molecule is C1=[O+]c2ccccc2C1. The smallest absolute Gasteiger partial charge is 0.220 e. The molecule has 1 aromatic carbocycles. The summed E-state index contributed by atoms with van der Waals surface area (Å²) < 4.78 is 5.17. The summed E-state index contributed by atoms with van der Waals surface area (Å²) in [5.41, 5.74) is 1.29. The summed E-state index contributed by atoms with van der Waals surface area (Å²) in [6, 6.07) is 8.08. The molecule has 0 aliphatic carbocycles. The van der Waals surface area contributed by atoms with E-state index in [2.05, 4.69) is 6.07 Å². The third-order valence-corrected chi connectivity index (χ3v) is 1.49. The Labute approximate surface area is 53.6 Å². The van der Waals surface area contributed by atoms with E-state index < -0.39 is 0 Å². The summed E-state index contributed by atoms with van der Waals surface area (Å²) in [6.07, 6.45) is 2.78. The van der Waals surface area contributed by atoms with Crippen LogP contribution in [0, 0.1) is 0 Å². The predicted octanol–water partition coefficient (Wildman–Crippen LogP) is 1.69. The second-order valence-corrected chi connectivity index (χ2v) is 2.10. The Balaban J connectivity index is 2.63. The highest BCUT2D eigenvalue weighted by Gasteiger charge is 2.15. The molecule has 1 heterocycles. The molecule has 0 spiro atoms. The van der Waals surface area contributed by atoms with Crippen LogP contribution in [0.5, 0.6) is 5.75 Å². The van der Waals surface area contributed by atoms with Gasteiger partial charge in [-0.15, -0.1) is 0 Å². The molecule has 0 saturated carbocycles. The number of para-hydroxylation sites is 1. The fourth-order valence-electron chi connectivity index (χ4n) is 1.01. The van der Waals surface area contributed by atoms with E-state index in [1.165, 1.54) is 5.56 Å². The third kappa shape index (κ3) is 0.653. The lowest BCUT2D eigenvalue weighted by molar-refractivity contribution is -0.356. The molecule has 0 aromatic heterocycles. The van der Waals surface area contributed by atoms with Gasteiger partial charge in [0.25, 0.3) is 6.29 Å². The van der Waals surface area contributed by atoms with Gasteiger partial charge in [-0.05, 0) is 6.07 Å². The highest BCUT2D eigenvalue weighted by molar-refractivity contribution is 5.62. The average Bonchev–Trinajstić information content (AvgIpc) is 2.33. The van der Waals surface area contributed by atoms with Crippen molar-refractivity contribution in [1.29, 1.82) is 0 Å². The van der Waals surface area contributed by atoms with Crippen LogP contribution in [0.1, 0.15) is 5.56 Å². The van der Waals surface area contributed by atoms with E-state index in [-0.39, 0.29) is 0 Å². The lowest BCUT2D eigenvalue weighted by Gasteiger charge is -1.81. The molecule has 1 nitrogen and oxygen atoms in total. The Kier molecular flexibility index (Phi) is 0.890. The number of hydrogen-bond donors (Lipinski definition) is 0. The summed E-state index contributed by atoms with van der Waals surface area (Å²) in [6.45, 7) is 0. The number of aldehydes is 1. The maximum Gasteiger partial charge on any atom is 0.355 e. The third-order valence-electron chi connectivity index (χ3n) is 1.49. The maximum atomic E-state index is 5.17. The Morgan fingerprint density at radius 1 is 1.22 bits per heavy atom. The highest BCUT2D eigenvalue weighted by atomic mass is 16.4. The largest absolute Gasteiger partial charge is 0.355 e. The van der Waals surface area contributed by atoms with Crippen LogP contribution in [0.4, 0.5) is 0 Å². The van der Waals surface area contributed by atoms with E-state index in [1.807, 2.05) is 24.5 Å². The zero-order valence-electron chi connectivity index (χ0n) is 5.00. The van der Waals surface area contributed by atoms with Gasteiger partial charge in [0.1, 0.15) is 0 Å². The Morgan fingerprint density at radius 2 is 2.11 bits per heavy atom. The summed E-state index contributed by atoms with van der Waals surface area (Å²) in [7, 11) is 0. The first kappa shape index (κ1) is 4.74. The van der Waals surface area contributed by atoms with Crippen LogP contribution >= 0.6 is 0 Å². The molecule has 1 aliphatic rings. The molecule has 0 unspecified atom stereocenters. The fourth-order valence-corrected chi connectivity index (χ4v) is 1.01. The molecule has 1 heteroatoms. The van der Waals surface area contributed by atoms with Crippen molar-refractivity contribution < 1.29 is 4.42 Å². The minimum atomic E-state index is 0.955. The second-order valence-electron chi connectivity index (χ2n) is 2.10. The molecule has 0 bridgehead atoms. The number of hydrogen-bond acceptors (Lipinski definition) is 0. The van der Waals surface area contributed by atoms with Crippen molar-refractivity contribution in [1.82, 2.24) is 0 Å². The van der Waals surface area contributed by atoms with E-state index in [1.54, 1.807) is 0 Å². The zero-order chi connectivity index (χ0) is 6.10. The Bertz CT molecular complexity index is 250. The quantitative estimate of drug-likeness (QED) is 0.363. The summed E-state index contributed by atoms with van der Waals surface area (Å²) >= 11 is 0. The molecule has 44 valence electrons. The second kappa shape index (κ2) is 1.69. The predicted molar refractivity (Wildman–Crippen MR) is 35.7 cm³/mol. The first-order valence-corrected chi connectivity index (χ1v) is 3.03. The van der Waals surface area contributed by atoms with Crippen molar-refractivity contribution in [3.8, 4) is 5.75 Å². The number of rotatable bonds is 0. The number of benzene rings is 1. The van der Waals surface area contributed by atoms with Crippen LogP contribution in [0.15, 0.2) is 24.3 Å². The maximum absolute atomic E-state index is 5.17. The van der Waals surface area contributed by atoms with Gasteiger partial charge in [0, 0.05) is 6.07 Å². The number of fused-ring (bicyclic) bond motifs is 1. The molecule has 1 aliphatic heterocycles. The molecule has 0 atom stereocenters. The monoisotopic (exact) mass is 119 g/mol. The van der Waals surface area contributed by atoms with E-state index in [9.17, 15) is 0 Å². The van der Waals surface area contributed by atoms with Crippen molar-refractivity contribution in [3.63, 3.8) is 0 Å². The molecule has 0 N–H and O–H groups in total. The minimum absolute atomic E-state index is 0.955. The van der Waals surface area contributed by atoms with Crippen LogP contribution in [-0.2, 0) is 10.8 Å². The molecule has 9 heavy (non-hydrogen) atoms. The molecular weight excluding hydrogens is 112 g/mol. The first-order chi connectivity index (χ1) is 4.47. The first-order valence-electron chi connectivity index (χ1n) is 3.03. The van der Waals surface area contributed by atoms with Gasteiger partial charge in [-0.1, -0.05) is 12.1 Å². The Hall–Kier alpha value is -1.11. The van der Waals surface area contributed by atoms with Crippen LogP contribution in [0.3, 0.4) is 0 Å². The topological polar surface area (TPSA) is 11.3 Å².